The molecular weight excluding hydrogens is 551 g/mol. The molecule has 1 heterocycles. The molecule has 2 aromatic carbocycles. The molecule has 1 atom stereocenters. The Morgan fingerprint density at radius 1 is 1.03 bits per heavy atom. The fraction of sp³-hybridized carbons (Fsp3) is 0.310. The number of Topliss-reactive ketones (excluding diaryl/α,β-unsaturated/α-hetero) is 1. The Labute approximate surface area is 242 Å². The van der Waals surface area contributed by atoms with Crippen molar-refractivity contribution < 1.29 is 19.1 Å². The van der Waals surface area contributed by atoms with E-state index in [9.17, 15) is 14.4 Å². The van der Waals surface area contributed by atoms with Gasteiger partial charge in [0.1, 0.15) is 5.00 Å². The number of fused-ring (bicyclic) bond motifs is 1. The van der Waals surface area contributed by atoms with Crippen LogP contribution in [-0.4, -0.2) is 34.6 Å². The van der Waals surface area contributed by atoms with Gasteiger partial charge in [0.2, 0.25) is 5.91 Å². The summed E-state index contributed by atoms with van der Waals surface area (Å²) in [5.74, 6) is -0.534. The fourth-order valence-electron chi connectivity index (χ4n) is 4.27. The van der Waals surface area contributed by atoms with E-state index in [0.717, 1.165) is 52.4 Å². The summed E-state index contributed by atoms with van der Waals surface area (Å²) in [4.78, 5) is 39.4. The molecule has 1 aliphatic rings. The van der Waals surface area contributed by atoms with Gasteiger partial charge in [-0.25, -0.2) is 4.79 Å². The van der Waals surface area contributed by atoms with Gasteiger partial charge >= 0.3 is 5.97 Å². The van der Waals surface area contributed by atoms with Crippen LogP contribution in [-0.2, 0) is 22.4 Å². The predicted octanol–water partition coefficient (Wildman–Crippen LogP) is 6.93. The number of nitrogens with one attached hydrogen (secondary N) is 3. The van der Waals surface area contributed by atoms with Gasteiger partial charge in [0.05, 0.1) is 17.4 Å². The highest BCUT2D eigenvalue weighted by Crippen LogP contribution is 2.39. The minimum absolute atomic E-state index is 0.00780. The Morgan fingerprint density at radius 2 is 1.74 bits per heavy atom. The molecular formula is C29H31N3O4S3. The summed E-state index contributed by atoms with van der Waals surface area (Å²) in [6, 6.07) is 14.7. The lowest BCUT2D eigenvalue weighted by Crippen LogP contribution is -2.23. The first-order chi connectivity index (χ1) is 18.7. The normalized spacial score (nSPS) is 13.1. The number of hydrogen-bond acceptors (Lipinski definition) is 7. The topological polar surface area (TPSA) is 96.5 Å². The Balaban J connectivity index is 1.38. The van der Waals surface area contributed by atoms with Crippen LogP contribution in [0.2, 0.25) is 0 Å². The fourth-order valence-corrected chi connectivity index (χ4v) is 6.72. The molecule has 0 aliphatic heterocycles. The molecule has 0 saturated heterocycles. The molecule has 7 nitrogen and oxygen atoms in total. The molecule has 1 aromatic heterocycles. The van der Waals surface area contributed by atoms with Crippen molar-refractivity contribution >= 4 is 74.5 Å². The lowest BCUT2D eigenvalue weighted by Gasteiger charge is -2.15. The first-order valence-electron chi connectivity index (χ1n) is 12.8. The molecule has 0 fully saturated rings. The van der Waals surface area contributed by atoms with Crippen molar-refractivity contribution in [1.29, 1.82) is 0 Å². The summed E-state index contributed by atoms with van der Waals surface area (Å²) in [5, 5.41) is 9.86. The zero-order valence-electron chi connectivity index (χ0n) is 22.1. The third kappa shape index (κ3) is 7.46. The first kappa shape index (κ1) is 28.8. The molecule has 0 spiro atoms. The average Bonchev–Trinajstić information content (AvgIpc) is 3.27. The summed E-state index contributed by atoms with van der Waals surface area (Å²) in [7, 11) is 0. The maximum atomic E-state index is 13.1. The third-order valence-corrected chi connectivity index (χ3v) is 8.72. The van der Waals surface area contributed by atoms with Crippen LogP contribution in [0, 0.1) is 0 Å². The van der Waals surface area contributed by atoms with Crippen molar-refractivity contribution in [2.24, 2.45) is 0 Å². The summed E-state index contributed by atoms with van der Waals surface area (Å²) in [5.41, 5.74) is 3.73. The van der Waals surface area contributed by atoms with Crippen molar-refractivity contribution in [1.82, 2.24) is 0 Å². The largest absolute Gasteiger partial charge is 0.462 e. The van der Waals surface area contributed by atoms with Gasteiger partial charge in [0, 0.05) is 26.7 Å². The zero-order chi connectivity index (χ0) is 27.9. The minimum Gasteiger partial charge on any atom is -0.462 e. The number of ether oxygens (including phenoxy) is 1. The van der Waals surface area contributed by atoms with Crippen LogP contribution in [0.5, 0.6) is 0 Å². The van der Waals surface area contributed by atoms with Crippen molar-refractivity contribution in [3.05, 3.63) is 70.1 Å². The van der Waals surface area contributed by atoms with Gasteiger partial charge in [-0.1, -0.05) is 6.07 Å². The molecule has 4 rings (SSSR count). The maximum Gasteiger partial charge on any atom is 0.341 e. The van der Waals surface area contributed by atoms with Crippen molar-refractivity contribution in [3.63, 3.8) is 0 Å². The molecule has 0 bridgehead atoms. The number of thiophene rings is 1. The number of ketones is 1. The Morgan fingerprint density at radius 3 is 2.46 bits per heavy atom. The lowest BCUT2D eigenvalue weighted by atomic mass is 9.95. The van der Waals surface area contributed by atoms with Gasteiger partial charge in [-0.15, -0.1) is 23.1 Å². The number of amides is 1. The second-order valence-corrected chi connectivity index (χ2v) is 12.1. The molecule has 3 aromatic rings. The average molecular weight is 582 g/mol. The molecule has 1 aliphatic carbocycles. The van der Waals surface area contributed by atoms with Crippen LogP contribution in [0.4, 0.5) is 16.4 Å². The summed E-state index contributed by atoms with van der Waals surface area (Å²) in [6.45, 7) is 5.44. The predicted molar refractivity (Wildman–Crippen MR) is 164 cm³/mol. The van der Waals surface area contributed by atoms with Crippen molar-refractivity contribution in [2.75, 3.05) is 22.6 Å². The number of anilines is 3. The Hall–Kier alpha value is -3.21. The first-order valence-corrected chi connectivity index (χ1v) is 14.9. The van der Waals surface area contributed by atoms with E-state index < -0.39 is 5.25 Å². The van der Waals surface area contributed by atoms with Crippen LogP contribution in [0.3, 0.4) is 0 Å². The quantitative estimate of drug-likeness (QED) is 0.108. The summed E-state index contributed by atoms with van der Waals surface area (Å²) < 4.78 is 5.30. The van der Waals surface area contributed by atoms with Crippen LogP contribution in [0.25, 0.3) is 0 Å². The van der Waals surface area contributed by atoms with Gasteiger partial charge in [0.15, 0.2) is 10.9 Å². The summed E-state index contributed by atoms with van der Waals surface area (Å²) >= 11 is 8.35. The molecule has 39 heavy (non-hydrogen) atoms. The van der Waals surface area contributed by atoms with E-state index in [4.69, 9.17) is 17.0 Å². The smallest absolute Gasteiger partial charge is 0.341 e. The number of thiocarbonyl (C=S) groups is 1. The third-order valence-electron chi connectivity index (χ3n) is 6.21. The number of esters is 1. The van der Waals surface area contributed by atoms with E-state index in [0.29, 0.717) is 27.8 Å². The van der Waals surface area contributed by atoms with E-state index in [1.807, 2.05) is 31.2 Å². The molecule has 1 amide bonds. The Bertz CT molecular complexity index is 1380. The highest BCUT2D eigenvalue weighted by atomic mass is 32.2. The monoisotopic (exact) mass is 581 g/mol. The number of hydrogen-bond donors (Lipinski definition) is 3. The van der Waals surface area contributed by atoms with Gasteiger partial charge in [-0.3, -0.25) is 9.59 Å². The molecule has 204 valence electrons. The van der Waals surface area contributed by atoms with Crippen LogP contribution < -0.4 is 16.0 Å². The minimum atomic E-state index is -0.403. The second-order valence-electron chi connectivity index (χ2n) is 9.13. The highest BCUT2D eigenvalue weighted by molar-refractivity contribution is 8.00. The molecule has 0 saturated carbocycles. The van der Waals surface area contributed by atoms with Crippen molar-refractivity contribution in [3.8, 4) is 0 Å². The number of thioether (sulfide) groups is 1. The van der Waals surface area contributed by atoms with Gasteiger partial charge in [0.25, 0.3) is 0 Å². The van der Waals surface area contributed by atoms with E-state index in [1.54, 1.807) is 31.2 Å². The van der Waals surface area contributed by atoms with E-state index in [1.165, 1.54) is 30.0 Å². The van der Waals surface area contributed by atoms with Gasteiger partial charge < -0.3 is 20.7 Å². The number of aryl methyl sites for hydroxylation is 1. The summed E-state index contributed by atoms with van der Waals surface area (Å²) in [6.07, 6.45) is 3.88. The lowest BCUT2D eigenvalue weighted by molar-refractivity contribution is -0.115. The van der Waals surface area contributed by atoms with E-state index in [2.05, 4.69) is 16.0 Å². The van der Waals surface area contributed by atoms with Crippen LogP contribution >= 0.6 is 35.3 Å². The number of benzene rings is 2. The van der Waals surface area contributed by atoms with Crippen molar-refractivity contribution in [2.45, 2.75) is 56.6 Å². The van der Waals surface area contributed by atoms with Gasteiger partial charge in [-0.05, 0) is 107 Å². The van der Waals surface area contributed by atoms with Crippen LogP contribution in [0.1, 0.15) is 64.8 Å². The number of rotatable bonds is 9. The van der Waals surface area contributed by atoms with Gasteiger partial charge in [-0.2, -0.15) is 0 Å². The standard InChI is InChI=1S/C29H31N3O4S3/c1-4-36-28(35)25-23-10-5-6-11-24(23)39-27(25)32-26(34)18(3)38-22-9-7-8-21(16-22)31-29(37)30-20-14-12-19(13-15-20)17(2)33/h7-9,12-16,18H,4-6,10-11H2,1-3H3,(H,32,34)(H2,30,31,37). The zero-order valence-corrected chi connectivity index (χ0v) is 24.5. The molecule has 0 radical (unpaired) electrons. The molecule has 10 heteroatoms. The highest BCUT2D eigenvalue weighted by Gasteiger charge is 2.28. The second kappa shape index (κ2) is 13.2. The molecule has 3 N–H and O–H groups in total. The number of carbonyl (C=O) groups excluding carboxylic acids is 3. The number of carbonyl (C=O) groups is 3. The van der Waals surface area contributed by atoms with E-state index in [-0.39, 0.29) is 17.7 Å². The van der Waals surface area contributed by atoms with E-state index >= 15 is 0 Å². The molecule has 1 unspecified atom stereocenters. The van der Waals surface area contributed by atoms with Crippen LogP contribution in [0.15, 0.2) is 53.4 Å². The Kier molecular flexibility index (Phi) is 9.77. The SMILES string of the molecule is CCOC(=O)c1c(NC(=O)C(C)Sc2cccc(NC(=S)Nc3ccc(C(C)=O)cc3)c2)sc2c1CCCC2. The maximum absolute atomic E-state index is 13.1.